The third-order valence-electron chi connectivity index (χ3n) is 3.94. The third kappa shape index (κ3) is 4.72. The molecule has 7 nitrogen and oxygen atoms in total. The monoisotopic (exact) mass is 375 g/mol. The minimum absolute atomic E-state index is 0.103. The van der Waals surface area contributed by atoms with Crippen molar-refractivity contribution >= 4 is 28.3 Å². The highest BCUT2D eigenvalue weighted by Crippen LogP contribution is 2.25. The predicted molar refractivity (Wildman–Crippen MR) is 98.9 cm³/mol. The lowest BCUT2D eigenvalue weighted by atomic mass is 10.3. The van der Waals surface area contributed by atoms with E-state index in [2.05, 4.69) is 10.3 Å². The molecule has 1 saturated heterocycles. The van der Waals surface area contributed by atoms with Crippen molar-refractivity contribution in [3.05, 3.63) is 35.3 Å². The number of rotatable bonds is 8. The standard InChI is InChI=1S/C18H21N3O4S/c1-24-14-4-6-15(7-5-14)25-10-8-19-16(22)11-13-12-26-18(20-13)21-9-2-3-17(21)23/h4-7,12H,2-3,8-11H2,1H3,(H,19,22). The molecule has 3 rings (SSSR count). The second kappa shape index (κ2) is 8.66. The van der Waals surface area contributed by atoms with Crippen LogP contribution in [0.1, 0.15) is 18.5 Å². The summed E-state index contributed by atoms with van der Waals surface area (Å²) in [5.74, 6) is 1.47. The average Bonchev–Trinajstić information content (AvgIpc) is 3.28. The Hall–Kier alpha value is -2.61. The van der Waals surface area contributed by atoms with Crippen molar-refractivity contribution in [2.24, 2.45) is 0 Å². The van der Waals surface area contributed by atoms with Gasteiger partial charge in [-0.2, -0.15) is 0 Å². The van der Waals surface area contributed by atoms with E-state index >= 15 is 0 Å². The normalized spacial score (nSPS) is 13.7. The van der Waals surface area contributed by atoms with Gasteiger partial charge in [-0.1, -0.05) is 0 Å². The van der Waals surface area contributed by atoms with E-state index in [0.717, 1.165) is 17.9 Å². The maximum absolute atomic E-state index is 12.0. The first-order chi connectivity index (χ1) is 12.7. The van der Waals surface area contributed by atoms with Gasteiger partial charge in [0.25, 0.3) is 0 Å². The van der Waals surface area contributed by atoms with Crippen LogP contribution in [-0.2, 0) is 16.0 Å². The molecule has 1 aliphatic rings. The van der Waals surface area contributed by atoms with Gasteiger partial charge in [-0.25, -0.2) is 4.98 Å². The summed E-state index contributed by atoms with van der Waals surface area (Å²) >= 11 is 1.40. The molecule has 1 fully saturated rings. The number of thiazole rings is 1. The maximum atomic E-state index is 12.0. The molecule has 2 aromatic rings. The van der Waals surface area contributed by atoms with Gasteiger partial charge in [0.2, 0.25) is 11.8 Å². The molecule has 26 heavy (non-hydrogen) atoms. The summed E-state index contributed by atoms with van der Waals surface area (Å²) in [7, 11) is 1.61. The Labute approximate surface area is 155 Å². The van der Waals surface area contributed by atoms with Gasteiger partial charge in [0.1, 0.15) is 18.1 Å². The topological polar surface area (TPSA) is 80.8 Å². The van der Waals surface area contributed by atoms with E-state index in [1.807, 2.05) is 29.6 Å². The fourth-order valence-corrected chi connectivity index (χ4v) is 3.48. The highest BCUT2D eigenvalue weighted by molar-refractivity contribution is 7.14. The van der Waals surface area contributed by atoms with Crippen molar-refractivity contribution in [2.45, 2.75) is 19.3 Å². The first kappa shape index (κ1) is 18.2. The first-order valence-electron chi connectivity index (χ1n) is 8.44. The molecule has 1 aromatic heterocycles. The van der Waals surface area contributed by atoms with E-state index < -0.39 is 0 Å². The molecular weight excluding hydrogens is 354 g/mol. The van der Waals surface area contributed by atoms with E-state index in [1.54, 1.807) is 12.0 Å². The number of anilines is 1. The summed E-state index contributed by atoms with van der Waals surface area (Å²) in [4.78, 5) is 29.8. The van der Waals surface area contributed by atoms with E-state index in [9.17, 15) is 9.59 Å². The zero-order chi connectivity index (χ0) is 18.4. The molecule has 2 heterocycles. The fraction of sp³-hybridized carbons (Fsp3) is 0.389. The van der Waals surface area contributed by atoms with E-state index in [4.69, 9.17) is 9.47 Å². The van der Waals surface area contributed by atoms with Crippen LogP contribution < -0.4 is 19.7 Å². The predicted octanol–water partition coefficient (Wildman–Crippen LogP) is 2.02. The molecule has 1 aliphatic heterocycles. The highest BCUT2D eigenvalue weighted by atomic mass is 32.1. The van der Waals surface area contributed by atoms with Crippen LogP contribution in [0.3, 0.4) is 0 Å². The molecule has 0 saturated carbocycles. The molecule has 138 valence electrons. The van der Waals surface area contributed by atoms with Crippen molar-refractivity contribution in [1.29, 1.82) is 0 Å². The average molecular weight is 375 g/mol. The van der Waals surface area contributed by atoms with Crippen LogP contribution in [0, 0.1) is 0 Å². The number of aromatic nitrogens is 1. The van der Waals surface area contributed by atoms with E-state index in [0.29, 0.717) is 36.9 Å². The second-order valence-electron chi connectivity index (χ2n) is 5.82. The molecule has 2 amide bonds. The Bertz CT molecular complexity index is 760. The van der Waals surface area contributed by atoms with Gasteiger partial charge in [-0.05, 0) is 30.7 Å². The Balaban J connectivity index is 1.38. The number of nitrogens with zero attached hydrogens (tertiary/aromatic N) is 2. The molecule has 0 atom stereocenters. The largest absolute Gasteiger partial charge is 0.497 e. The smallest absolute Gasteiger partial charge is 0.228 e. The zero-order valence-electron chi connectivity index (χ0n) is 14.6. The van der Waals surface area contributed by atoms with Crippen LogP contribution in [-0.4, -0.2) is 43.6 Å². The molecule has 0 bridgehead atoms. The Morgan fingerprint density at radius 3 is 2.77 bits per heavy atom. The van der Waals surface area contributed by atoms with Crippen molar-refractivity contribution < 1.29 is 19.1 Å². The fourth-order valence-electron chi connectivity index (χ4n) is 2.61. The zero-order valence-corrected chi connectivity index (χ0v) is 15.4. The number of hydrogen-bond acceptors (Lipinski definition) is 6. The molecule has 1 aromatic carbocycles. The molecular formula is C18H21N3O4S. The third-order valence-corrected chi connectivity index (χ3v) is 4.85. The number of carbonyl (C=O) groups excluding carboxylic acids is 2. The second-order valence-corrected chi connectivity index (χ2v) is 6.66. The highest BCUT2D eigenvalue weighted by Gasteiger charge is 2.24. The molecule has 1 N–H and O–H groups in total. The van der Waals surface area contributed by atoms with Gasteiger partial charge in [-0.3, -0.25) is 14.5 Å². The molecule has 0 aliphatic carbocycles. The van der Waals surface area contributed by atoms with Crippen molar-refractivity contribution in [3.8, 4) is 11.5 Å². The molecule has 8 heteroatoms. The lowest BCUT2D eigenvalue weighted by Crippen LogP contribution is -2.29. The van der Waals surface area contributed by atoms with Gasteiger partial charge in [0.05, 0.1) is 25.8 Å². The number of carbonyl (C=O) groups is 2. The summed E-state index contributed by atoms with van der Waals surface area (Å²) in [6.45, 7) is 1.50. The molecule has 0 radical (unpaired) electrons. The number of nitrogens with one attached hydrogen (secondary N) is 1. The maximum Gasteiger partial charge on any atom is 0.228 e. The Kier molecular flexibility index (Phi) is 6.06. The minimum Gasteiger partial charge on any atom is -0.497 e. The number of ether oxygens (including phenoxy) is 2. The lowest BCUT2D eigenvalue weighted by molar-refractivity contribution is -0.120. The van der Waals surface area contributed by atoms with Crippen LogP contribution in [0.25, 0.3) is 0 Å². The SMILES string of the molecule is COc1ccc(OCCNC(=O)Cc2csc(N3CCCC3=O)n2)cc1. The van der Waals surface area contributed by atoms with E-state index in [1.165, 1.54) is 11.3 Å². The van der Waals surface area contributed by atoms with Gasteiger partial charge in [0, 0.05) is 18.3 Å². The van der Waals surface area contributed by atoms with Gasteiger partial charge < -0.3 is 14.8 Å². The number of methoxy groups -OCH3 is 1. The number of amides is 2. The van der Waals surface area contributed by atoms with Crippen LogP contribution in [0.4, 0.5) is 5.13 Å². The quantitative estimate of drug-likeness (QED) is 0.714. The van der Waals surface area contributed by atoms with Crippen molar-refractivity contribution in [2.75, 3.05) is 31.7 Å². The van der Waals surface area contributed by atoms with Crippen LogP contribution in [0.2, 0.25) is 0 Å². The summed E-state index contributed by atoms with van der Waals surface area (Å²) in [5.41, 5.74) is 0.679. The van der Waals surface area contributed by atoms with Gasteiger partial charge >= 0.3 is 0 Å². The summed E-state index contributed by atoms with van der Waals surface area (Å²) in [5, 5.41) is 5.31. The van der Waals surface area contributed by atoms with Crippen LogP contribution in [0.15, 0.2) is 29.6 Å². The Morgan fingerprint density at radius 2 is 2.08 bits per heavy atom. The van der Waals surface area contributed by atoms with Crippen molar-refractivity contribution in [1.82, 2.24) is 10.3 Å². The summed E-state index contributed by atoms with van der Waals surface area (Å²) < 4.78 is 10.6. The van der Waals surface area contributed by atoms with Gasteiger partial charge in [0.15, 0.2) is 5.13 Å². The number of hydrogen-bond donors (Lipinski definition) is 1. The number of benzene rings is 1. The lowest BCUT2D eigenvalue weighted by Gasteiger charge is -2.10. The Morgan fingerprint density at radius 1 is 1.31 bits per heavy atom. The summed E-state index contributed by atoms with van der Waals surface area (Å²) in [6.07, 6.45) is 1.63. The van der Waals surface area contributed by atoms with Gasteiger partial charge in [-0.15, -0.1) is 11.3 Å². The molecule has 0 unspecified atom stereocenters. The van der Waals surface area contributed by atoms with Crippen molar-refractivity contribution in [3.63, 3.8) is 0 Å². The minimum atomic E-state index is -0.118. The molecule has 0 spiro atoms. The van der Waals surface area contributed by atoms with E-state index in [-0.39, 0.29) is 18.2 Å². The van der Waals surface area contributed by atoms with Crippen LogP contribution in [0.5, 0.6) is 11.5 Å². The van der Waals surface area contributed by atoms with Crippen LogP contribution >= 0.6 is 11.3 Å². The summed E-state index contributed by atoms with van der Waals surface area (Å²) in [6, 6.07) is 7.27. The first-order valence-corrected chi connectivity index (χ1v) is 9.32.